The van der Waals surface area contributed by atoms with Crippen LogP contribution in [-0.2, 0) is 50.4 Å². The van der Waals surface area contributed by atoms with Gasteiger partial charge in [-0.3, -0.25) is 14.1 Å². The molecule has 11 nitrogen and oxygen atoms in total. The highest BCUT2D eigenvalue weighted by Crippen LogP contribution is 2.50. The average molecular weight is 486 g/mol. The average Bonchev–Trinajstić information content (AvgIpc) is 3.17. The van der Waals surface area contributed by atoms with E-state index in [-0.39, 0.29) is 19.6 Å². The number of aromatic nitrogens is 1. The number of hydrogen-bond donors (Lipinski definition) is 1. The second-order valence-corrected chi connectivity index (χ2v) is 8.47. The van der Waals surface area contributed by atoms with Crippen LogP contribution in [0.2, 0.25) is 0 Å². The summed E-state index contributed by atoms with van der Waals surface area (Å²) in [5.74, 6) is -0.441. The van der Waals surface area contributed by atoms with E-state index in [0.717, 1.165) is 29.4 Å². The summed E-state index contributed by atoms with van der Waals surface area (Å²) in [7, 11) is -0.810. The molecule has 0 amide bonds. The SMILES string of the molecule is CCC(=O)OCOP(=O)(OCOC(=O)CC)OCn1cc(CCNC)c2ccc(OC)cc21. The molecular formula is C21H31N2O9P. The smallest absolute Gasteiger partial charge is 0.482 e. The Morgan fingerprint density at radius 2 is 1.67 bits per heavy atom. The van der Waals surface area contributed by atoms with Crippen molar-refractivity contribution >= 4 is 30.7 Å². The normalized spacial score (nSPS) is 11.5. The molecule has 0 aliphatic rings. The number of rotatable bonds is 15. The topological polar surface area (TPSA) is 124 Å². The van der Waals surface area contributed by atoms with Gasteiger partial charge in [-0.2, -0.15) is 0 Å². The third kappa shape index (κ3) is 8.13. The Balaban J connectivity index is 2.20. The van der Waals surface area contributed by atoms with E-state index in [1.54, 1.807) is 25.5 Å². The number of fused-ring (bicyclic) bond motifs is 1. The molecule has 1 aromatic carbocycles. The van der Waals surface area contributed by atoms with Crippen LogP contribution < -0.4 is 10.1 Å². The molecule has 0 unspecified atom stereocenters. The fourth-order valence-corrected chi connectivity index (χ4v) is 3.66. The molecule has 2 rings (SSSR count). The van der Waals surface area contributed by atoms with Gasteiger partial charge in [-0.1, -0.05) is 13.8 Å². The first kappa shape index (κ1) is 26.8. The third-order valence-electron chi connectivity index (χ3n) is 4.61. The van der Waals surface area contributed by atoms with Crippen LogP contribution in [0.5, 0.6) is 5.75 Å². The zero-order valence-corrected chi connectivity index (χ0v) is 20.2. The standard InChI is InChI=1S/C21H31N2O9P/c1-5-20(24)28-14-31-33(26,32-15-29-21(25)6-2)30-13-23-12-16(9-10-22-3)18-8-7-17(27-4)11-19(18)23/h7-8,11-12,22H,5-6,9-10,13-15H2,1-4H3. The number of benzene rings is 1. The summed E-state index contributed by atoms with van der Waals surface area (Å²) in [5.41, 5.74) is 1.85. The number of likely N-dealkylation sites (N-methyl/N-ethyl adjacent to an activating group) is 1. The van der Waals surface area contributed by atoms with Gasteiger partial charge in [0.1, 0.15) is 12.5 Å². The summed E-state index contributed by atoms with van der Waals surface area (Å²) in [6.07, 6.45) is 2.88. The van der Waals surface area contributed by atoms with Crippen LogP contribution in [0.1, 0.15) is 32.3 Å². The van der Waals surface area contributed by atoms with Gasteiger partial charge < -0.3 is 24.1 Å². The summed E-state index contributed by atoms with van der Waals surface area (Å²) >= 11 is 0. The third-order valence-corrected chi connectivity index (χ3v) is 5.89. The lowest BCUT2D eigenvalue weighted by Crippen LogP contribution is -2.12. The number of hydrogen-bond acceptors (Lipinski definition) is 10. The zero-order chi connectivity index (χ0) is 24.3. The summed E-state index contributed by atoms with van der Waals surface area (Å²) in [4.78, 5) is 22.7. The minimum absolute atomic E-state index is 0.121. The Hall–Kier alpha value is -2.43. The molecule has 0 aliphatic heterocycles. The largest absolute Gasteiger partial charge is 0.497 e. The fourth-order valence-electron chi connectivity index (χ4n) is 2.80. The Morgan fingerprint density at radius 1 is 1.03 bits per heavy atom. The number of nitrogens with one attached hydrogen (secondary N) is 1. The second-order valence-electron chi connectivity index (χ2n) is 6.80. The van der Waals surface area contributed by atoms with Crippen LogP contribution in [0, 0.1) is 0 Å². The van der Waals surface area contributed by atoms with Crippen LogP contribution in [0.4, 0.5) is 0 Å². The van der Waals surface area contributed by atoms with Gasteiger partial charge in [-0.05, 0) is 37.7 Å². The van der Waals surface area contributed by atoms with E-state index in [1.807, 2.05) is 31.4 Å². The van der Waals surface area contributed by atoms with Gasteiger partial charge in [-0.25, -0.2) is 13.6 Å². The molecule has 1 aromatic heterocycles. The first-order valence-corrected chi connectivity index (χ1v) is 12.0. The lowest BCUT2D eigenvalue weighted by atomic mass is 10.1. The van der Waals surface area contributed by atoms with Crippen molar-refractivity contribution in [1.82, 2.24) is 9.88 Å². The molecule has 0 atom stereocenters. The summed E-state index contributed by atoms with van der Waals surface area (Å²) in [6.45, 7) is 2.50. The molecule has 2 aromatic rings. The molecule has 0 bridgehead atoms. The van der Waals surface area contributed by atoms with E-state index in [4.69, 9.17) is 27.8 Å². The van der Waals surface area contributed by atoms with E-state index in [2.05, 4.69) is 5.32 Å². The number of carbonyl (C=O) groups excluding carboxylic acids is 2. The van der Waals surface area contributed by atoms with Crippen LogP contribution in [-0.4, -0.2) is 50.8 Å². The molecule has 0 spiro atoms. The maximum absolute atomic E-state index is 13.1. The molecule has 0 radical (unpaired) electrons. The van der Waals surface area contributed by atoms with Crippen molar-refractivity contribution in [3.8, 4) is 5.75 Å². The summed E-state index contributed by atoms with van der Waals surface area (Å²) in [6, 6.07) is 5.63. The van der Waals surface area contributed by atoms with E-state index in [9.17, 15) is 14.2 Å². The van der Waals surface area contributed by atoms with Crippen LogP contribution in [0.15, 0.2) is 24.4 Å². The lowest BCUT2D eigenvalue weighted by molar-refractivity contribution is -0.153. The zero-order valence-electron chi connectivity index (χ0n) is 19.3. The van der Waals surface area contributed by atoms with Gasteiger partial charge in [0, 0.05) is 30.5 Å². The van der Waals surface area contributed by atoms with Crippen molar-refractivity contribution in [2.45, 2.75) is 39.8 Å². The maximum Gasteiger partial charge on any atom is 0.482 e. The predicted octanol–water partition coefficient (Wildman–Crippen LogP) is 3.35. The Kier molecular flexibility index (Phi) is 10.8. The number of phosphoric acid groups is 1. The van der Waals surface area contributed by atoms with Crippen LogP contribution in [0.25, 0.3) is 10.9 Å². The molecule has 1 N–H and O–H groups in total. The molecule has 12 heteroatoms. The number of ether oxygens (including phenoxy) is 3. The van der Waals surface area contributed by atoms with Gasteiger partial charge in [0.05, 0.1) is 12.6 Å². The van der Waals surface area contributed by atoms with Crippen molar-refractivity contribution in [2.24, 2.45) is 0 Å². The van der Waals surface area contributed by atoms with E-state index >= 15 is 0 Å². The second kappa shape index (κ2) is 13.3. The van der Waals surface area contributed by atoms with Crippen molar-refractivity contribution < 1.29 is 41.9 Å². The molecular weight excluding hydrogens is 455 g/mol. The van der Waals surface area contributed by atoms with Crippen LogP contribution >= 0.6 is 7.82 Å². The molecule has 1 heterocycles. The fraction of sp³-hybridized carbons (Fsp3) is 0.524. The molecule has 0 aliphatic carbocycles. The van der Waals surface area contributed by atoms with Crippen molar-refractivity contribution in [3.63, 3.8) is 0 Å². The molecule has 0 saturated carbocycles. The van der Waals surface area contributed by atoms with E-state index < -0.39 is 33.3 Å². The number of methoxy groups -OCH3 is 1. The van der Waals surface area contributed by atoms with Crippen molar-refractivity contribution in [1.29, 1.82) is 0 Å². The van der Waals surface area contributed by atoms with Crippen molar-refractivity contribution in [2.75, 3.05) is 34.3 Å². The number of nitrogens with zero attached hydrogens (tertiary/aromatic N) is 1. The van der Waals surface area contributed by atoms with Gasteiger partial charge in [0.15, 0.2) is 0 Å². The van der Waals surface area contributed by atoms with Crippen LogP contribution in [0.3, 0.4) is 0 Å². The highest BCUT2D eigenvalue weighted by atomic mass is 31.2. The summed E-state index contributed by atoms with van der Waals surface area (Å²) in [5, 5.41) is 4.10. The Bertz CT molecular complexity index is 950. The minimum Gasteiger partial charge on any atom is -0.497 e. The monoisotopic (exact) mass is 486 g/mol. The first-order valence-electron chi connectivity index (χ1n) is 10.5. The lowest BCUT2D eigenvalue weighted by Gasteiger charge is -2.18. The van der Waals surface area contributed by atoms with Crippen molar-refractivity contribution in [3.05, 3.63) is 30.0 Å². The van der Waals surface area contributed by atoms with Gasteiger partial charge >= 0.3 is 19.8 Å². The molecule has 0 fully saturated rings. The van der Waals surface area contributed by atoms with Gasteiger partial charge in [-0.15, -0.1) is 0 Å². The molecule has 33 heavy (non-hydrogen) atoms. The quantitative estimate of drug-likeness (QED) is 0.228. The number of phosphoric ester groups is 1. The Labute approximate surface area is 192 Å². The molecule has 184 valence electrons. The maximum atomic E-state index is 13.1. The highest BCUT2D eigenvalue weighted by Gasteiger charge is 2.29. The Morgan fingerprint density at radius 3 is 2.21 bits per heavy atom. The highest BCUT2D eigenvalue weighted by molar-refractivity contribution is 7.48. The summed E-state index contributed by atoms with van der Waals surface area (Å²) < 4.78 is 45.4. The van der Waals surface area contributed by atoms with Gasteiger partial charge in [0.25, 0.3) is 0 Å². The number of carbonyl (C=O) groups is 2. The van der Waals surface area contributed by atoms with Gasteiger partial charge in [0.2, 0.25) is 13.6 Å². The predicted molar refractivity (Wildman–Crippen MR) is 119 cm³/mol. The first-order chi connectivity index (χ1) is 15.9. The van der Waals surface area contributed by atoms with E-state index in [0.29, 0.717) is 5.75 Å². The van der Waals surface area contributed by atoms with E-state index in [1.165, 1.54) is 0 Å². The minimum atomic E-state index is -4.25. The number of esters is 2. The molecule has 0 saturated heterocycles.